The molecule has 1 aliphatic rings. The molecule has 0 spiro atoms. The first-order chi connectivity index (χ1) is 9.11. The molecule has 3 N–H and O–H groups in total. The summed E-state index contributed by atoms with van der Waals surface area (Å²) in [6.45, 7) is 2.26. The van der Waals surface area contributed by atoms with Crippen molar-refractivity contribution in [3.63, 3.8) is 0 Å². The van der Waals surface area contributed by atoms with Crippen molar-refractivity contribution in [2.45, 2.75) is 38.6 Å². The van der Waals surface area contributed by atoms with Gasteiger partial charge in [-0.05, 0) is 24.8 Å². The number of nitrogens with zero attached hydrogens (tertiary/aromatic N) is 1. The van der Waals surface area contributed by atoms with Crippen LogP contribution in [-0.4, -0.2) is 24.1 Å². The smallest absolute Gasteiger partial charge is 0.340 e. The lowest BCUT2D eigenvalue weighted by atomic mass is 9.87. The van der Waals surface area contributed by atoms with Crippen LogP contribution in [0.5, 0.6) is 0 Å². The molecule has 0 bridgehead atoms. The van der Waals surface area contributed by atoms with Crippen LogP contribution in [0.2, 0.25) is 0 Å². The fourth-order valence-corrected chi connectivity index (χ4v) is 2.63. The summed E-state index contributed by atoms with van der Waals surface area (Å²) in [7, 11) is 1.35. The van der Waals surface area contributed by atoms with E-state index in [9.17, 15) is 4.79 Å². The van der Waals surface area contributed by atoms with Gasteiger partial charge in [0, 0.05) is 12.2 Å². The zero-order valence-electron chi connectivity index (χ0n) is 11.5. The van der Waals surface area contributed by atoms with E-state index in [0.717, 1.165) is 18.8 Å². The first-order valence-corrected chi connectivity index (χ1v) is 6.71. The zero-order chi connectivity index (χ0) is 13.8. The van der Waals surface area contributed by atoms with E-state index < -0.39 is 5.97 Å². The molecule has 2 unspecified atom stereocenters. The van der Waals surface area contributed by atoms with Gasteiger partial charge >= 0.3 is 5.97 Å². The molecule has 0 amide bonds. The predicted molar refractivity (Wildman–Crippen MR) is 75.0 cm³/mol. The van der Waals surface area contributed by atoms with Crippen molar-refractivity contribution in [2.75, 3.05) is 18.2 Å². The second-order valence-corrected chi connectivity index (χ2v) is 5.23. The zero-order valence-corrected chi connectivity index (χ0v) is 11.5. The summed E-state index contributed by atoms with van der Waals surface area (Å²) in [4.78, 5) is 15.8. The number of esters is 1. The standard InChI is InChI=1S/C14H21N3O2/c1-9-4-3-5-10(8-9)17-13-12(15)11(6-7-16-13)14(18)19-2/h6-7,9-10H,3-5,8,15H2,1-2H3,(H,16,17). The number of ether oxygens (including phenoxy) is 1. The number of hydrogen-bond donors (Lipinski definition) is 2. The van der Waals surface area contributed by atoms with Crippen LogP contribution < -0.4 is 11.1 Å². The number of methoxy groups -OCH3 is 1. The minimum atomic E-state index is -0.431. The Labute approximate surface area is 113 Å². The van der Waals surface area contributed by atoms with Gasteiger partial charge in [0.25, 0.3) is 0 Å². The van der Waals surface area contributed by atoms with E-state index >= 15 is 0 Å². The van der Waals surface area contributed by atoms with Crippen molar-refractivity contribution >= 4 is 17.5 Å². The molecule has 2 atom stereocenters. The fourth-order valence-electron chi connectivity index (χ4n) is 2.63. The molecule has 2 rings (SSSR count). The maximum Gasteiger partial charge on any atom is 0.340 e. The summed E-state index contributed by atoms with van der Waals surface area (Å²) in [6, 6.07) is 1.96. The molecule has 1 fully saturated rings. The van der Waals surface area contributed by atoms with Crippen LogP contribution in [-0.2, 0) is 4.74 Å². The van der Waals surface area contributed by atoms with Gasteiger partial charge in [-0.2, -0.15) is 0 Å². The van der Waals surface area contributed by atoms with E-state index in [-0.39, 0.29) is 0 Å². The Morgan fingerprint density at radius 2 is 2.32 bits per heavy atom. The molecule has 1 saturated carbocycles. The first kappa shape index (κ1) is 13.6. The summed E-state index contributed by atoms with van der Waals surface area (Å²) >= 11 is 0. The third-order valence-corrected chi connectivity index (χ3v) is 3.67. The number of nitrogen functional groups attached to an aromatic ring is 1. The quantitative estimate of drug-likeness (QED) is 0.819. The Kier molecular flexibility index (Phi) is 4.24. The highest BCUT2D eigenvalue weighted by atomic mass is 16.5. The van der Waals surface area contributed by atoms with Crippen LogP contribution in [0.3, 0.4) is 0 Å². The Bertz CT molecular complexity index is 462. The van der Waals surface area contributed by atoms with E-state index in [2.05, 4.69) is 17.2 Å². The van der Waals surface area contributed by atoms with Crippen LogP contribution in [0, 0.1) is 5.92 Å². The minimum absolute atomic E-state index is 0.365. The maximum atomic E-state index is 11.6. The Hall–Kier alpha value is -1.78. The van der Waals surface area contributed by atoms with Crippen LogP contribution in [0.4, 0.5) is 11.5 Å². The van der Waals surface area contributed by atoms with Crippen molar-refractivity contribution in [3.05, 3.63) is 17.8 Å². The van der Waals surface area contributed by atoms with Crippen molar-refractivity contribution in [1.82, 2.24) is 4.98 Å². The number of carbonyl (C=O) groups excluding carboxylic acids is 1. The van der Waals surface area contributed by atoms with Gasteiger partial charge in [0.1, 0.15) is 5.82 Å². The summed E-state index contributed by atoms with van der Waals surface area (Å²) in [6.07, 6.45) is 6.31. The van der Waals surface area contributed by atoms with E-state index in [4.69, 9.17) is 10.5 Å². The largest absolute Gasteiger partial charge is 0.465 e. The number of nitrogens with one attached hydrogen (secondary N) is 1. The van der Waals surface area contributed by atoms with Gasteiger partial charge in [0.15, 0.2) is 0 Å². The van der Waals surface area contributed by atoms with E-state index in [1.807, 2.05) is 0 Å². The molecule has 0 aromatic carbocycles. The number of hydrogen-bond acceptors (Lipinski definition) is 5. The molecule has 19 heavy (non-hydrogen) atoms. The molecule has 1 aromatic rings. The van der Waals surface area contributed by atoms with Crippen LogP contribution in [0.25, 0.3) is 0 Å². The number of pyridine rings is 1. The van der Waals surface area contributed by atoms with Crippen molar-refractivity contribution < 1.29 is 9.53 Å². The van der Waals surface area contributed by atoms with Crippen molar-refractivity contribution in [2.24, 2.45) is 5.92 Å². The van der Waals surface area contributed by atoms with Crippen LogP contribution >= 0.6 is 0 Å². The van der Waals surface area contributed by atoms with E-state index in [1.165, 1.54) is 20.0 Å². The summed E-state index contributed by atoms with van der Waals surface area (Å²) in [5.41, 5.74) is 6.72. The van der Waals surface area contributed by atoms with Gasteiger partial charge in [-0.1, -0.05) is 19.8 Å². The Balaban J connectivity index is 2.14. The summed E-state index contributed by atoms with van der Waals surface area (Å²) in [5, 5.41) is 3.36. The second-order valence-electron chi connectivity index (χ2n) is 5.23. The van der Waals surface area contributed by atoms with Crippen LogP contribution in [0.1, 0.15) is 43.0 Å². The third-order valence-electron chi connectivity index (χ3n) is 3.67. The average molecular weight is 263 g/mol. The normalized spacial score (nSPS) is 22.8. The summed E-state index contributed by atoms with van der Waals surface area (Å²) < 4.78 is 4.70. The SMILES string of the molecule is COC(=O)c1ccnc(NC2CCCC(C)C2)c1N. The molecular formula is C14H21N3O2. The lowest BCUT2D eigenvalue weighted by molar-refractivity contribution is 0.0602. The highest BCUT2D eigenvalue weighted by molar-refractivity contribution is 5.97. The highest BCUT2D eigenvalue weighted by Gasteiger charge is 2.21. The first-order valence-electron chi connectivity index (χ1n) is 6.71. The van der Waals surface area contributed by atoms with Gasteiger partial charge in [-0.15, -0.1) is 0 Å². The van der Waals surface area contributed by atoms with Gasteiger partial charge < -0.3 is 15.8 Å². The van der Waals surface area contributed by atoms with Gasteiger partial charge in [-0.25, -0.2) is 9.78 Å². The van der Waals surface area contributed by atoms with Gasteiger partial charge in [0.05, 0.1) is 18.4 Å². The molecule has 0 radical (unpaired) electrons. The van der Waals surface area contributed by atoms with Crippen molar-refractivity contribution in [3.8, 4) is 0 Å². The Morgan fingerprint density at radius 3 is 3.00 bits per heavy atom. The third kappa shape index (κ3) is 3.16. The topological polar surface area (TPSA) is 77.2 Å². The van der Waals surface area contributed by atoms with Crippen LogP contribution in [0.15, 0.2) is 12.3 Å². The molecular weight excluding hydrogens is 242 g/mol. The lowest BCUT2D eigenvalue weighted by Crippen LogP contribution is -2.27. The maximum absolute atomic E-state index is 11.6. The van der Waals surface area contributed by atoms with E-state index in [0.29, 0.717) is 23.1 Å². The van der Waals surface area contributed by atoms with Crippen molar-refractivity contribution in [1.29, 1.82) is 0 Å². The minimum Gasteiger partial charge on any atom is -0.465 e. The fraction of sp³-hybridized carbons (Fsp3) is 0.571. The monoisotopic (exact) mass is 263 g/mol. The van der Waals surface area contributed by atoms with Gasteiger partial charge in [-0.3, -0.25) is 0 Å². The number of aromatic nitrogens is 1. The lowest BCUT2D eigenvalue weighted by Gasteiger charge is -2.28. The molecule has 1 aliphatic carbocycles. The molecule has 1 aromatic heterocycles. The molecule has 0 aliphatic heterocycles. The average Bonchev–Trinajstić information content (AvgIpc) is 2.40. The highest BCUT2D eigenvalue weighted by Crippen LogP contribution is 2.28. The molecule has 5 heteroatoms. The predicted octanol–water partition coefficient (Wildman–Crippen LogP) is 2.44. The Morgan fingerprint density at radius 1 is 1.53 bits per heavy atom. The number of rotatable bonds is 3. The molecule has 1 heterocycles. The number of nitrogens with two attached hydrogens (primary N) is 1. The van der Waals surface area contributed by atoms with Gasteiger partial charge in [0.2, 0.25) is 0 Å². The van der Waals surface area contributed by atoms with E-state index in [1.54, 1.807) is 12.3 Å². The molecule has 0 saturated heterocycles. The summed E-state index contributed by atoms with van der Waals surface area (Å²) in [5.74, 6) is 0.873. The number of carbonyl (C=O) groups is 1. The number of anilines is 2. The second kappa shape index (κ2) is 5.91. The molecule has 5 nitrogen and oxygen atoms in total. The molecule has 104 valence electrons.